The van der Waals surface area contributed by atoms with Crippen molar-refractivity contribution < 1.29 is 5.11 Å². The molecule has 1 N–H and O–H groups in total. The van der Waals surface area contributed by atoms with E-state index in [9.17, 15) is 4.79 Å². The van der Waals surface area contributed by atoms with E-state index in [1.807, 2.05) is 0 Å². The van der Waals surface area contributed by atoms with Crippen LogP contribution in [0.2, 0.25) is 10.0 Å². The zero-order valence-electron chi connectivity index (χ0n) is 11.4. The SMILES string of the molecule is O=c1c2nn(-c3ccc(Cl)c(Cl)c3)cc2cnn1CCCO. The van der Waals surface area contributed by atoms with Gasteiger partial charge in [0.2, 0.25) is 0 Å². The van der Waals surface area contributed by atoms with Gasteiger partial charge in [0.05, 0.1) is 21.9 Å². The third-order valence-corrected chi connectivity index (χ3v) is 3.95. The average molecular weight is 339 g/mol. The maximum atomic E-state index is 12.3. The van der Waals surface area contributed by atoms with Crippen LogP contribution in [0.4, 0.5) is 0 Å². The number of aromatic nitrogens is 4. The number of fused-ring (bicyclic) bond motifs is 1. The molecule has 0 atom stereocenters. The van der Waals surface area contributed by atoms with Gasteiger partial charge in [-0.15, -0.1) is 0 Å². The summed E-state index contributed by atoms with van der Waals surface area (Å²) in [7, 11) is 0. The largest absolute Gasteiger partial charge is 0.396 e. The Hall–Kier alpha value is -1.89. The zero-order valence-corrected chi connectivity index (χ0v) is 12.9. The minimum absolute atomic E-state index is 0.00384. The van der Waals surface area contributed by atoms with Gasteiger partial charge in [0.25, 0.3) is 5.56 Å². The van der Waals surface area contributed by atoms with Gasteiger partial charge >= 0.3 is 0 Å². The maximum absolute atomic E-state index is 12.3. The van der Waals surface area contributed by atoms with Crippen molar-refractivity contribution in [1.82, 2.24) is 19.6 Å². The average Bonchev–Trinajstić information content (AvgIpc) is 2.94. The number of benzene rings is 1. The van der Waals surface area contributed by atoms with Crippen molar-refractivity contribution in [2.75, 3.05) is 6.61 Å². The van der Waals surface area contributed by atoms with Gasteiger partial charge in [0, 0.05) is 24.7 Å². The van der Waals surface area contributed by atoms with Gasteiger partial charge in [0.1, 0.15) is 0 Å². The van der Waals surface area contributed by atoms with Gasteiger partial charge in [-0.2, -0.15) is 10.2 Å². The molecule has 0 aliphatic heterocycles. The number of halogens is 2. The Morgan fingerprint density at radius 2 is 2.05 bits per heavy atom. The van der Waals surface area contributed by atoms with E-state index in [-0.39, 0.29) is 12.2 Å². The molecule has 0 saturated carbocycles. The smallest absolute Gasteiger partial charge is 0.295 e. The van der Waals surface area contributed by atoms with Crippen LogP contribution in [0.3, 0.4) is 0 Å². The third-order valence-electron chi connectivity index (χ3n) is 3.21. The van der Waals surface area contributed by atoms with Crippen molar-refractivity contribution in [2.45, 2.75) is 13.0 Å². The summed E-state index contributed by atoms with van der Waals surface area (Å²) < 4.78 is 2.86. The van der Waals surface area contributed by atoms with E-state index in [0.717, 1.165) is 0 Å². The summed E-state index contributed by atoms with van der Waals surface area (Å²) in [5.74, 6) is 0. The molecule has 0 amide bonds. The van der Waals surface area contributed by atoms with E-state index < -0.39 is 0 Å². The second kappa shape index (κ2) is 6.08. The monoisotopic (exact) mass is 338 g/mol. The van der Waals surface area contributed by atoms with Crippen LogP contribution >= 0.6 is 23.2 Å². The molecule has 0 unspecified atom stereocenters. The summed E-state index contributed by atoms with van der Waals surface area (Å²) in [5, 5.41) is 18.7. The molecule has 0 radical (unpaired) electrons. The van der Waals surface area contributed by atoms with Crippen molar-refractivity contribution in [3.8, 4) is 5.69 Å². The lowest BCUT2D eigenvalue weighted by Crippen LogP contribution is -2.23. The standard InChI is InChI=1S/C14H12Cl2N4O2/c15-11-3-2-10(6-12(11)16)20-8-9-7-17-19(4-1-5-21)14(22)13(9)18-20/h2-3,6-8,21H,1,4-5H2. The van der Waals surface area contributed by atoms with E-state index in [1.54, 1.807) is 35.3 Å². The second-order valence-electron chi connectivity index (χ2n) is 4.73. The number of aryl methyl sites for hydroxylation is 1. The van der Waals surface area contributed by atoms with Gasteiger partial charge in [-0.3, -0.25) is 4.79 Å². The van der Waals surface area contributed by atoms with Crippen molar-refractivity contribution in [3.63, 3.8) is 0 Å². The van der Waals surface area contributed by atoms with Crippen molar-refractivity contribution in [2.24, 2.45) is 0 Å². The summed E-state index contributed by atoms with van der Waals surface area (Å²) in [4.78, 5) is 12.3. The molecule has 3 rings (SSSR count). The molecular weight excluding hydrogens is 327 g/mol. The van der Waals surface area contributed by atoms with Gasteiger partial charge in [0.15, 0.2) is 5.52 Å². The molecule has 3 aromatic rings. The third kappa shape index (κ3) is 2.72. The van der Waals surface area contributed by atoms with E-state index in [1.165, 1.54) is 4.68 Å². The molecule has 2 heterocycles. The predicted octanol–water partition coefficient (Wildman–Crippen LogP) is 2.27. The number of aliphatic hydroxyl groups excluding tert-OH is 1. The van der Waals surface area contributed by atoms with Crippen LogP contribution in [0.15, 0.2) is 35.4 Å². The zero-order chi connectivity index (χ0) is 15.7. The summed E-state index contributed by atoms with van der Waals surface area (Å²) in [6, 6.07) is 5.11. The van der Waals surface area contributed by atoms with Crippen LogP contribution in [-0.2, 0) is 6.54 Å². The lowest BCUT2D eigenvalue weighted by atomic mass is 10.3. The second-order valence-corrected chi connectivity index (χ2v) is 5.54. The Kier molecular flexibility index (Phi) is 4.15. The summed E-state index contributed by atoms with van der Waals surface area (Å²) >= 11 is 11.9. The minimum Gasteiger partial charge on any atom is -0.396 e. The maximum Gasteiger partial charge on any atom is 0.295 e. The van der Waals surface area contributed by atoms with Crippen LogP contribution in [0, 0.1) is 0 Å². The minimum atomic E-state index is -0.287. The molecule has 8 heteroatoms. The molecule has 0 saturated heterocycles. The van der Waals surface area contributed by atoms with Crippen LogP contribution < -0.4 is 5.56 Å². The van der Waals surface area contributed by atoms with Crippen molar-refractivity contribution in [1.29, 1.82) is 0 Å². The Labute approximate surface area is 135 Å². The molecule has 0 fully saturated rings. The van der Waals surface area contributed by atoms with E-state index in [0.29, 0.717) is 39.6 Å². The predicted molar refractivity (Wildman–Crippen MR) is 84.8 cm³/mol. The number of rotatable bonds is 4. The normalized spacial score (nSPS) is 11.2. The first-order valence-corrected chi connectivity index (χ1v) is 7.37. The van der Waals surface area contributed by atoms with Gasteiger partial charge in [-0.05, 0) is 24.6 Å². The first-order valence-electron chi connectivity index (χ1n) is 6.62. The quantitative estimate of drug-likeness (QED) is 0.791. The fourth-order valence-corrected chi connectivity index (χ4v) is 2.39. The fraction of sp³-hybridized carbons (Fsp3) is 0.214. The molecule has 1 aromatic carbocycles. The number of hydrogen-bond donors (Lipinski definition) is 1. The van der Waals surface area contributed by atoms with Crippen LogP contribution in [0.1, 0.15) is 6.42 Å². The lowest BCUT2D eigenvalue weighted by Gasteiger charge is -2.02. The molecular formula is C14H12Cl2N4O2. The number of aliphatic hydroxyl groups is 1. The molecule has 0 spiro atoms. The van der Waals surface area contributed by atoms with E-state index in [2.05, 4.69) is 10.2 Å². The van der Waals surface area contributed by atoms with E-state index >= 15 is 0 Å². The first kappa shape index (κ1) is 15.0. The highest BCUT2D eigenvalue weighted by molar-refractivity contribution is 6.42. The molecule has 0 aliphatic rings. The van der Waals surface area contributed by atoms with Gasteiger partial charge in [-0.1, -0.05) is 23.2 Å². The highest BCUT2D eigenvalue weighted by Crippen LogP contribution is 2.24. The highest BCUT2D eigenvalue weighted by Gasteiger charge is 2.10. The van der Waals surface area contributed by atoms with Crippen LogP contribution in [0.25, 0.3) is 16.6 Å². The number of nitrogens with zero attached hydrogens (tertiary/aromatic N) is 4. The van der Waals surface area contributed by atoms with Crippen LogP contribution in [-0.4, -0.2) is 31.3 Å². The molecule has 114 valence electrons. The Morgan fingerprint density at radius 3 is 2.77 bits per heavy atom. The van der Waals surface area contributed by atoms with Gasteiger partial charge < -0.3 is 5.11 Å². The Morgan fingerprint density at radius 1 is 1.23 bits per heavy atom. The molecule has 0 aliphatic carbocycles. The molecule has 6 nitrogen and oxygen atoms in total. The highest BCUT2D eigenvalue weighted by atomic mass is 35.5. The Balaban J connectivity index is 2.07. The van der Waals surface area contributed by atoms with E-state index in [4.69, 9.17) is 28.3 Å². The van der Waals surface area contributed by atoms with Crippen LogP contribution in [0.5, 0.6) is 0 Å². The Bertz CT molecular complexity index is 888. The molecule has 0 bridgehead atoms. The van der Waals surface area contributed by atoms with Crippen molar-refractivity contribution >= 4 is 34.1 Å². The summed E-state index contributed by atoms with van der Waals surface area (Å²) in [5.41, 5.74) is 0.732. The fourth-order valence-electron chi connectivity index (χ4n) is 2.09. The molecule has 22 heavy (non-hydrogen) atoms. The molecule has 2 aromatic heterocycles. The number of hydrogen-bond acceptors (Lipinski definition) is 4. The lowest BCUT2D eigenvalue weighted by molar-refractivity contribution is 0.275. The topological polar surface area (TPSA) is 72.9 Å². The summed E-state index contributed by atoms with van der Waals surface area (Å²) in [6.45, 7) is 0.356. The van der Waals surface area contributed by atoms with Gasteiger partial charge in [-0.25, -0.2) is 9.36 Å². The van der Waals surface area contributed by atoms with Crippen molar-refractivity contribution in [3.05, 3.63) is 51.0 Å². The first-order chi connectivity index (χ1) is 10.6. The summed E-state index contributed by atoms with van der Waals surface area (Å²) in [6.07, 6.45) is 3.75.